The number of nitrogens with two attached hydrogens (primary N) is 1. The van der Waals surface area contributed by atoms with Crippen LogP contribution in [0, 0.1) is 11.6 Å². The Morgan fingerprint density at radius 3 is 2.33 bits per heavy atom. The third kappa shape index (κ3) is 1.93. The van der Waals surface area contributed by atoms with E-state index >= 15 is 0 Å². The number of rotatable bonds is 2. The first kappa shape index (κ1) is 13.7. The maximum absolute atomic E-state index is 13.3. The van der Waals surface area contributed by atoms with Crippen molar-refractivity contribution in [2.75, 3.05) is 5.73 Å². The largest absolute Gasteiger partial charge is 0.413 e. The van der Waals surface area contributed by atoms with E-state index in [0.29, 0.717) is 16.8 Å². The van der Waals surface area contributed by atoms with Crippen LogP contribution in [0.3, 0.4) is 0 Å². The normalized spacial score (nSPS) is 17.0. The molecule has 0 unspecified atom stereocenters. The van der Waals surface area contributed by atoms with Crippen LogP contribution in [0.4, 0.5) is 27.6 Å². The first-order valence-electron chi connectivity index (χ1n) is 5.87. The third-order valence-electron chi connectivity index (χ3n) is 3.46. The number of halogens is 5. The Kier molecular flexibility index (Phi) is 2.69. The standard InChI is InChI=1S/C11H8F5N5/c12-6-3-5(8(17)4-7(6)13)9-18-19-20-21(9)10(1-2-10)11(14,15)16/h3-4H,1-2,17H2. The predicted molar refractivity (Wildman–Crippen MR) is 60.8 cm³/mol. The van der Waals surface area contributed by atoms with Crippen LogP contribution in [0.2, 0.25) is 0 Å². The Balaban J connectivity index is 2.15. The molecular formula is C11H8F5N5. The van der Waals surface area contributed by atoms with E-state index in [9.17, 15) is 22.0 Å². The number of hydrogen-bond acceptors (Lipinski definition) is 4. The lowest BCUT2D eigenvalue weighted by atomic mass is 10.1. The molecule has 10 heteroatoms. The van der Waals surface area contributed by atoms with E-state index < -0.39 is 23.3 Å². The highest BCUT2D eigenvalue weighted by molar-refractivity contribution is 5.71. The highest BCUT2D eigenvalue weighted by Gasteiger charge is 2.66. The van der Waals surface area contributed by atoms with Gasteiger partial charge in [0.1, 0.15) is 0 Å². The summed E-state index contributed by atoms with van der Waals surface area (Å²) in [6, 6.07) is 1.36. The lowest BCUT2D eigenvalue weighted by molar-refractivity contribution is -0.182. The number of nitrogens with zero attached hydrogens (tertiary/aromatic N) is 4. The van der Waals surface area contributed by atoms with Crippen LogP contribution in [0.5, 0.6) is 0 Å². The quantitative estimate of drug-likeness (QED) is 0.682. The van der Waals surface area contributed by atoms with Crippen molar-refractivity contribution in [1.29, 1.82) is 0 Å². The maximum Gasteiger partial charge on any atom is 0.413 e. The van der Waals surface area contributed by atoms with Gasteiger partial charge in [-0.15, -0.1) is 5.10 Å². The second-order valence-corrected chi connectivity index (χ2v) is 4.80. The maximum atomic E-state index is 13.3. The molecule has 21 heavy (non-hydrogen) atoms. The summed E-state index contributed by atoms with van der Waals surface area (Å²) < 4.78 is 66.3. The average Bonchev–Trinajstić information content (AvgIpc) is 3.06. The van der Waals surface area contributed by atoms with Crippen LogP contribution in [0.25, 0.3) is 11.4 Å². The monoisotopic (exact) mass is 305 g/mol. The highest BCUT2D eigenvalue weighted by atomic mass is 19.4. The zero-order chi connectivity index (χ0) is 15.4. The van der Waals surface area contributed by atoms with Crippen LogP contribution in [0.1, 0.15) is 12.8 Å². The molecule has 1 heterocycles. The zero-order valence-electron chi connectivity index (χ0n) is 10.3. The molecule has 112 valence electrons. The van der Waals surface area contributed by atoms with Gasteiger partial charge in [-0.1, -0.05) is 0 Å². The molecule has 0 aliphatic heterocycles. The number of anilines is 1. The number of nitrogen functional groups attached to an aromatic ring is 1. The van der Waals surface area contributed by atoms with Crippen LogP contribution < -0.4 is 5.73 Å². The molecule has 0 saturated heterocycles. The van der Waals surface area contributed by atoms with Gasteiger partial charge in [-0.05, 0) is 29.3 Å². The van der Waals surface area contributed by atoms with Gasteiger partial charge in [0.25, 0.3) is 0 Å². The summed E-state index contributed by atoms with van der Waals surface area (Å²) in [6.07, 6.45) is -4.92. The van der Waals surface area contributed by atoms with Gasteiger partial charge < -0.3 is 5.73 Å². The van der Waals surface area contributed by atoms with E-state index in [1.807, 2.05) is 0 Å². The number of alkyl halides is 3. The molecular weight excluding hydrogens is 297 g/mol. The lowest BCUT2D eigenvalue weighted by Gasteiger charge is -2.20. The van der Waals surface area contributed by atoms with Gasteiger partial charge in [0.05, 0.1) is 0 Å². The molecule has 1 aliphatic carbocycles. The van der Waals surface area contributed by atoms with Crippen molar-refractivity contribution in [1.82, 2.24) is 20.2 Å². The molecule has 0 bridgehead atoms. The summed E-state index contributed by atoms with van der Waals surface area (Å²) >= 11 is 0. The Bertz CT molecular complexity index is 704. The Labute approximate surface area is 114 Å². The molecule has 5 nitrogen and oxygen atoms in total. The van der Waals surface area contributed by atoms with Gasteiger partial charge in [0, 0.05) is 17.3 Å². The molecule has 1 aromatic heterocycles. The van der Waals surface area contributed by atoms with Gasteiger partial charge in [-0.2, -0.15) is 13.2 Å². The van der Waals surface area contributed by atoms with Gasteiger partial charge >= 0.3 is 6.18 Å². The number of tetrazole rings is 1. The second kappa shape index (κ2) is 4.12. The van der Waals surface area contributed by atoms with Crippen LogP contribution >= 0.6 is 0 Å². The van der Waals surface area contributed by atoms with Crippen molar-refractivity contribution in [3.8, 4) is 11.4 Å². The Morgan fingerprint density at radius 1 is 1.14 bits per heavy atom. The van der Waals surface area contributed by atoms with Crippen molar-refractivity contribution in [3.05, 3.63) is 23.8 Å². The van der Waals surface area contributed by atoms with E-state index in [1.54, 1.807) is 0 Å². The Morgan fingerprint density at radius 2 is 1.76 bits per heavy atom. The van der Waals surface area contributed by atoms with Crippen molar-refractivity contribution < 1.29 is 22.0 Å². The molecule has 1 saturated carbocycles. The number of benzene rings is 1. The van der Waals surface area contributed by atoms with Gasteiger partial charge in [-0.3, -0.25) is 0 Å². The van der Waals surface area contributed by atoms with Crippen molar-refractivity contribution in [2.24, 2.45) is 0 Å². The summed E-state index contributed by atoms with van der Waals surface area (Å²) in [5, 5.41) is 10.0. The van der Waals surface area contributed by atoms with Crippen molar-refractivity contribution in [2.45, 2.75) is 24.6 Å². The summed E-state index contributed by atoms with van der Waals surface area (Å²) in [5.41, 5.74) is 2.89. The molecule has 2 N–H and O–H groups in total. The smallest absolute Gasteiger partial charge is 0.398 e. The van der Waals surface area contributed by atoms with Crippen molar-refractivity contribution in [3.63, 3.8) is 0 Å². The first-order chi connectivity index (χ1) is 9.76. The van der Waals surface area contributed by atoms with Crippen LogP contribution in [0.15, 0.2) is 12.1 Å². The fourth-order valence-corrected chi connectivity index (χ4v) is 2.13. The molecule has 1 fully saturated rings. The SMILES string of the molecule is Nc1cc(F)c(F)cc1-c1nnnn1C1(C(F)(F)F)CC1. The summed E-state index contributed by atoms with van der Waals surface area (Å²) in [7, 11) is 0. The molecule has 2 aromatic rings. The van der Waals surface area contributed by atoms with E-state index in [0.717, 1.165) is 0 Å². The minimum atomic E-state index is -4.55. The topological polar surface area (TPSA) is 69.6 Å². The lowest BCUT2D eigenvalue weighted by Crippen LogP contribution is -2.36. The average molecular weight is 305 g/mol. The molecule has 1 aromatic carbocycles. The molecule has 0 atom stereocenters. The highest BCUT2D eigenvalue weighted by Crippen LogP contribution is 2.56. The second-order valence-electron chi connectivity index (χ2n) is 4.80. The fourth-order valence-electron chi connectivity index (χ4n) is 2.13. The van der Waals surface area contributed by atoms with E-state index in [2.05, 4.69) is 15.5 Å². The molecule has 1 aliphatic rings. The van der Waals surface area contributed by atoms with E-state index in [4.69, 9.17) is 5.73 Å². The van der Waals surface area contributed by atoms with Crippen LogP contribution in [-0.4, -0.2) is 26.4 Å². The number of aromatic nitrogens is 4. The van der Waals surface area contributed by atoms with E-state index in [-0.39, 0.29) is 29.9 Å². The molecule has 3 rings (SSSR count). The van der Waals surface area contributed by atoms with Gasteiger partial charge in [-0.25, -0.2) is 13.5 Å². The predicted octanol–water partition coefficient (Wildman–Crippen LogP) is 2.25. The molecule has 0 amide bonds. The summed E-state index contributed by atoms with van der Waals surface area (Å²) in [5.74, 6) is -2.79. The number of hydrogen-bond donors (Lipinski definition) is 1. The van der Waals surface area contributed by atoms with Gasteiger partial charge in [0.2, 0.25) is 0 Å². The molecule has 0 radical (unpaired) electrons. The minimum absolute atomic E-state index is 0.182. The summed E-state index contributed by atoms with van der Waals surface area (Å²) in [4.78, 5) is 0. The zero-order valence-corrected chi connectivity index (χ0v) is 10.3. The first-order valence-corrected chi connectivity index (χ1v) is 5.87. The van der Waals surface area contributed by atoms with E-state index in [1.165, 1.54) is 0 Å². The fraction of sp³-hybridized carbons (Fsp3) is 0.364. The minimum Gasteiger partial charge on any atom is -0.398 e. The van der Waals surface area contributed by atoms with Gasteiger partial charge in [0.15, 0.2) is 23.0 Å². The van der Waals surface area contributed by atoms with Crippen molar-refractivity contribution >= 4 is 5.69 Å². The molecule has 0 spiro atoms. The Hall–Kier alpha value is -2.26. The third-order valence-corrected chi connectivity index (χ3v) is 3.46. The summed E-state index contributed by atoms with van der Waals surface area (Å²) in [6.45, 7) is 0. The van der Waals surface area contributed by atoms with Crippen LogP contribution in [-0.2, 0) is 5.54 Å².